The van der Waals surface area contributed by atoms with Crippen LogP contribution in [0.3, 0.4) is 0 Å². The Morgan fingerprint density at radius 1 is 1.06 bits per heavy atom. The quantitative estimate of drug-likeness (QED) is 0.548. The molecule has 1 aromatic heterocycles. The zero-order valence-corrected chi connectivity index (χ0v) is 18.3. The Morgan fingerprint density at radius 2 is 1.78 bits per heavy atom. The highest BCUT2D eigenvalue weighted by Gasteiger charge is 2.19. The van der Waals surface area contributed by atoms with E-state index in [1.54, 1.807) is 36.4 Å². The van der Waals surface area contributed by atoms with Crippen LogP contribution in [0.25, 0.3) is 5.69 Å². The van der Waals surface area contributed by atoms with Gasteiger partial charge in [-0.15, -0.1) is 10.2 Å². The van der Waals surface area contributed by atoms with Gasteiger partial charge in [0.25, 0.3) is 0 Å². The first-order valence-corrected chi connectivity index (χ1v) is 11.5. The molecule has 9 heteroatoms. The van der Waals surface area contributed by atoms with Gasteiger partial charge in [-0.2, -0.15) is 5.26 Å². The van der Waals surface area contributed by atoms with Crippen molar-refractivity contribution in [2.75, 3.05) is 24.2 Å². The Kier molecular flexibility index (Phi) is 7.14. The summed E-state index contributed by atoms with van der Waals surface area (Å²) < 4.78 is 15.4. The molecular weight excluding hydrogens is 427 g/mol. The molecule has 0 unspecified atom stereocenters. The lowest BCUT2D eigenvalue weighted by Crippen LogP contribution is -2.30. The van der Waals surface area contributed by atoms with E-state index in [-0.39, 0.29) is 17.5 Å². The number of anilines is 1. The van der Waals surface area contributed by atoms with Crippen molar-refractivity contribution in [3.8, 4) is 11.8 Å². The number of halogens is 1. The molecule has 0 bridgehead atoms. The summed E-state index contributed by atoms with van der Waals surface area (Å²) in [6, 6.07) is 14.9. The highest BCUT2D eigenvalue weighted by atomic mass is 32.2. The van der Waals surface area contributed by atoms with E-state index in [4.69, 9.17) is 5.26 Å². The van der Waals surface area contributed by atoms with E-state index < -0.39 is 0 Å². The molecular formula is C23H23FN6OS. The smallest absolute Gasteiger partial charge is 0.234 e. The van der Waals surface area contributed by atoms with Gasteiger partial charge in [0.05, 0.1) is 23.9 Å². The van der Waals surface area contributed by atoms with Gasteiger partial charge in [-0.1, -0.05) is 18.2 Å². The van der Waals surface area contributed by atoms with Crippen LogP contribution in [0.15, 0.2) is 53.7 Å². The number of rotatable bonds is 7. The number of thioether (sulfide) groups is 1. The number of nitrogens with zero attached hydrogens (tertiary/aromatic N) is 5. The van der Waals surface area contributed by atoms with Gasteiger partial charge in [0, 0.05) is 11.4 Å². The fourth-order valence-corrected chi connectivity index (χ4v) is 4.39. The number of hydrogen-bond donors (Lipinski definition) is 1. The second kappa shape index (κ2) is 10.4. The summed E-state index contributed by atoms with van der Waals surface area (Å²) in [6.07, 6.45) is 3.58. The van der Waals surface area contributed by atoms with Gasteiger partial charge < -0.3 is 5.32 Å². The van der Waals surface area contributed by atoms with Crippen molar-refractivity contribution < 1.29 is 9.18 Å². The number of carbonyl (C=O) groups is 1. The maximum absolute atomic E-state index is 13.5. The van der Waals surface area contributed by atoms with E-state index in [0.29, 0.717) is 23.0 Å². The van der Waals surface area contributed by atoms with Crippen molar-refractivity contribution >= 4 is 23.4 Å². The van der Waals surface area contributed by atoms with Gasteiger partial charge in [0.2, 0.25) is 5.91 Å². The molecule has 3 aromatic rings. The summed E-state index contributed by atoms with van der Waals surface area (Å²) in [4.78, 5) is 14.8. The maximum atomic E-state index is 13.5. The molecule has 7 nitrogen and oxygen atoms in total. The summed E-state index contributed by atoms with van der Waals surface area (Å²) >= 11 is 1.28. The average Bonchev–Trinajstić information content (AvgIpc) is 3.21. The monoisotopic (exact) mass is 450 g/mol. The second-order valence-corrected chi connectivity index (χ2v) is 8.52. The van der Waals surface area contributed by atoms with Crippen LogP contribution in [0.1, 0.15) is 30.7 Å². The van der Waals surface area contributed by atoms with Crippen molar-refractivity contribution in [3.63, 3.8) is 0 Å². The van der Waals surface area contributed by atoms with E-state index in [1.165, 1.54) is 43.2 Å². The molecule has 0 aliphatic carbocycles. The Hall–Kier alpha value is -3.22. The van der Waals surface area contributed by atoms with Crippen molar-refractivity contribution in [2.24, 2.45) is 0 Å². The third-order valence-corrected chi connectivity index (χ3v) is 6.16. The summed E-state index contributed by atoms with van der Waals surface area (Å²) in [5, 5.41) is 21.0. The van der Waals surface area contributed by atoms with Gasteiger partial charge in [-0.25, -0.2) is 4.39 Å². The van der Waals surface area contributed by atoms with Gasteiger partial charge in [0.1, 0.15) is 5.82 Å². The van der Waals surface area contributed by atoms with E-state index in [9.17, 15) is 9.18 Å². The zero-order valence-electron chi connectivity index (χ0n) is 17.5. The molecule has 0 spiro atoms. The van der Waals surface area contributed by atoms with E-state index >= 15 is 0 Å². The van der Waals surface area contributed by atoms with Crippen molar-refractivity contribution in [1.82, 2.24) is 19.7 Å². The summed E-state index contributed by atoms with van der Waals surface area (Å²) in [5.74, 6) is 0.415. The van der Waals surface area contributed by atoms with Crippen LogP contribution in [0.4, 0.5) is 10.1 Å². The van der Waals surface area contributed by atoms with Crippen molar-refractivity contribution in [3.05, 3.63) is 65.7 Å². The molecule has 1 saturated heterocycles. The lowest BCUT2D eigenvalue weighted by molar-refractivity contribution is -0.113. The molecule has 0 radical (unpaired) electrons. The first-order valence-electron chi connectivity index (χ1n) is 10.5. The molecule has 1 fully saturated rings. The number of hydrogen-bond acceptors (Lipinski definition) is 6. The lowest BCUT2D eigenvalue weighted by Gasteiger charge is -2.26. The predicted molar refractivity (Wildman–Crippen MR) is 121 cm³/mol. The first-order chi connectivity index (χ1) is 15.6. The fourth-order valence-electron chi connectivity index (χ4n) is 3.62. The Labute approximate surface area is 190 Å². The standard InChI is InChI=1S/C23H23FN6OS/c24-18-6-10-20(11-7-18)30-21(15-29-12-2-1-3-13-29)27-28-23(30)32-16-22(31)26-19-8-4-17(14-25)5-9-19/h4-11H,1-3,12-13,15-16H2,(H,26,31). The molecule has 164 valence electrons. The molecule has 1 amide bonds. The van der Waals surface area contributed by atoms with E-state index in [1.807, 2.05) is 10.6 Å². The third kappa shape index (κ3) is 5.52. The van der Waals surface area contributed by atoms with Crippen LogP contribution < -0.4 is 5.32 Å². The second-order valence-electron chi connectivity index (χ2n) is 7.57. The topological polar surface area (TPSA) is 86.8 Å². The highest BCUT2D eigenvalue weighted by molar-refractivity contribution is 7.99. The number of likely N-dealkylation sites (tertiary alicyclic amines) is 1. The molecule has 1 N–H and O–H groups in total. The molecule has 2 aromatic carbocycles. The Balaban J connectivity index is 1.48. The largest absolute Gasteiger partial charge is 0.325 e. The number of aromatic nitrogens is 3. The molecule has 1 aliphatic rings. The molecule has 32 heavy (non-hydrogen) atoms. The zero-order chi connectivity index (χ0) is 22.3. The normalized spacial score (nSPS) is 14.1. The van der Waals surface area contributed by atoms with Crippen molar-refractivity contribution in [2.45, 2.75) is 31.0 Å². The molecule has 2 heterocycles. The summed E-state index contributed by atoms with van der Waals surface area (Å²) in [6.45, 7) is 2.69. The maximum Gasteiger partial charge on any atom is 0.234 e. The number of nitriles is 1. The van der Waals surface area contributed by atoms with Crippen LogP contribution in [0, 0.1) is 17.1 Å². The average molecular weight is 451 g/mol. The number of piperidine rings is 1. The SMILES string of the molecule is N#Cc1ccc(NC(=O)CSc2nnc(CN3CCCCC3)n2-c2ccc(F)cc2)cc1. The van der Waals surface area contributed by atoms with Gasteiger partial charge >= 0.3 is 0 Å². The minimum Gasteiger partial charge on any atom is -0.325 e. The lowest BCUT2D eigenvalue weighted by atomic mass is 10.1. The van der Waals surface area contributed by atoms with Crippen LogP contribution in [0.2, 0.25) is 0 Å². The van der Waals surface area contributed by atoms with E-state index in [0.717, 1.165) is 24.6 Å². The highest BCUT2D eigenvalue weighted by Crippen LogP contribution is 2.24. The number of nitrogens with one attached hydrogen (secondary N) is 1. The van der Waals surface area contributed by atoms with Gasteiger partial charge in [0.15, 0.2) is 11.0 Å². The minimum absolute atomic E-state index is 0.142. The summed E-state index contributed by atoms with van der Waals surface area (Å²) in [7, 11) is 0. The van der Waals surface area contributed by atoms with Crippen LogP contribution in [-0.2, 0) is 11.3 Å². The van der Waals surface area contributed by atoms with Gasteiger partial charge in [-0.05, 0) is 74.5 Å². The van der Waals surface area contributed by atoms with E-state index in [2.05, 4.69) is 20.4 Å². The van der Waals surface area contributed by atoms with Crippen LogP contribution >= 0.6 is 11.8 Å². The number of benzene rings is 2. The molecule has 1 aliphatic heterocycles. The van der Waals surface area contributed by atoms with Gasteiger partial charge in [-0.3, -0.25) is 14.3 Å². The summed E-state index contributed by atoms with van der Waals surface area (Å²) in [5.41, 5.74) is 1.92. The Morgan fingerprint density at radius 3 is 2.47 bits per heavy atom. The minimum atomic E-state index is -0.310. The van der Waals surface area contributed by atoms with Crippen LogP contribution in [-0.4, -0.2) is 44.4 Å². The van der Waals surface area contributed by atoms with Crippen LogP contribution in [0.5, 0.6) is 0 Å². The first kappa shape index (κ1) is 22.0. The fraction of sp³-hybridized carbons (Fsp3) is 0.304. The Bertz CT molecular complexity index is 1100. The molecule has 0 atom stereocenters. The van der Waals surface area contributed by atoms with Crippen molar-refractivity contribution in [1.29, 1.82) is 5.26 Å². The number of amides is 1. The molecule has 0 saturated carbocycles. The third-order valence-electron chi connectivity index (χ3n) is 5.23. The predicted octanol–water partition coefficient (Wildman–Crippen LogP) is 3.99. The molecule has 4 rings (SSSR count). The number of carbonyl (C=O) groups excluding carboxylic acids is 1.